The summed E-state index contributed by atoms with van der Waals surface area (Å²) >= 11 is 1.69. The molecule has 0 radical (unpaired) electrons. The Balaban J connectivity index is 1.65. The number of fused-ring (bicyclic) bond motifs is 1. The van der Waals surface area contributed by atoms with Crippen LogP contribution < -0.4 is 0 Å². The highest BCUT2D eigenvalue weighted by atomic mass is 32.1. The van der Waals surface area contributed by atoms with Crippen molar-refractivity contribution in [1.29, 1.82) is 0 Å². The number of aromatic nitrogens is 4. The van der Waals surface area contributed by atoms with Gasteiger partial charge in [-0.15, -0.1) is 11.3 Å². The Hall–Kier alpha value is -1.79. The molecular formula is C16H19N5S. The summed E-state index contributed by atoms with van der Waals surface area (Å²) in [7, 11) is 0. The highest BCUT2D eigenvalue weighted by Gasteiger charge is 2.26. The molecule has 0 unspecified atom stereocenters. The van der Waals surface area contributed by atoms with Crippen LogP contribution in [0.25, 0.3) is 4.96 Å². The molecule has 0 bridgehead atoms. The fourth-order valence-corrected chi connectivity index (χ4v) is 4.12. The number of hydrogen-bond acceptors (Lipinski definition) is 5. The molecule has 1 fully saturated rings. The quantitative estimate of drug-likeness (QED) is 0.745. The van der Waals surface area contributed by atoms with E-state index in [1.807, 2.05) is 12.3 Å². The number of aryl methyl sites for hydroxylation is 1. The molecule has 5 nitrogen and oxygen atoms in total. The van der Waals surface area contributed by atoms with Gasteiger partial charge in [0.1, 0.15) is 6.33 Å². The summed E-state index contributed by atoms with van der Waals surface area (Å²) < 4.78 is 2.23. The van der Waals surface area contributed by atoms with E-state index in [0.717, 1.165) is 29.4 Å². The SMILES string of the molecule is Cc1nc2sccn2c1CN1CCCC[C@@H]1c1ccncn1. The molecule has 3 aromatic heterocycles. The minimum absolute atomic E-state index is 0.389. The normalized spacial score (nSPS) is 19.8. The van der Waals surface area contributed by atoms with Crippen molar-refractivity contribution in [3.63, 3.8) is 0 Å². The predicted molar refractivity (Wildman–Crippen MR) is 86.8 cm³/mol. The monoisotopic (exact) mass is 313 g/mol. The molecule has 4 rings (SSSR count). The Morgan fingerprint density at radius 1 is 1.36 bits per heavy atom. The molecule has 1 aliphatic rings. The summed E-state index contributed by atoms with van der Waals surface area (Å²) in [5.41, 5.74) is 3.58. The van der Waals surface area contributed by atoms with Crippen LogP contribution in [0.1, 0.15) is 42.4 Å². The van der Waals surface area contributed by atoms with Crippen molar-refractivity contribution in [2.75, 3.05) is 6.54 Å². The van der Waals surface area contributed by atoms with Gasteiger partial charge in [-0.2, -0.15) is 0 Å². The Labute approximate surface area is 133 Å². The number of thiazole rings is 1. The van der Waals surface area contributed by atoms with Crippen molar-refractivity contribution < 1.29 is 0 Å². The lowest BCUT2D eigenvalue weighted by Crippen LogP contribution is -2.34. The number of piperidine rings is 1. The molecule has 3 aromatic rings. The van der Waals surface area contributed by atoms with E-state index in [9.17, 15) is 0 Å². The van der Waals surface area contributed by atoms with Gasteiger partial charge in [0, 0.05) is 24.3 Å². The maximum absolute atomic E-state index is 4.67. The average Bonchev–Trinajstić information content (AvgIpc) is 3.11. The summed E-state index contributed by atoms with van der Waals surface area (Å²) in [5.74, 6) is 0. The lowest BCUT2D eigenvalue weighted by atomic mass is 9.99. The number of rotatable bonds is 3. The van der Waals surface area contributed by atoms with Gasteiger partial charge in [-0.25, -0.2) is 15.0 Å². The van der Waals surface area contributed by atoms with Gasteiger partial charge < -0.3 is 0 Å². The van der Waals surface area contributed by atoms with Crippen LogP contribution in [-0.4, -0.2) is 30.8 Å². The van der Waals surface area contributed by atoms with E-state index in [1.165, 1.54) is 25.0 Å². The van der Waals surface area contributed by atoms with Gasteiger partial charge in [0.05, 0.1) is 23.1 Å². The molecule has 1 atom stereocenters. The predicted octanol–water partition coefficient (Wildman–Crippen LogP) is 3.22. The number of likely N-dealkylation sites (tertiary alicyclic amines) is 1. The molecule has 0 aromatic carbocycles. The fraction of sp³-hybridized carbons (Fsp3) is 0.438. The van der Waals surface area contributed by atoms with Gasteiger partial charge in [-0.3, -0.25) is 9.30 Å². The van der Waals surface area contributed by atoms with Crippen molar-refractivity contribution in [1.82, 2.24) is 24.3 Å². The second-order valence-corrected chi connectivity index (χ2v) is 6.69. The number of hydrogen-bond donors (Lipinski definition) is 0. The van der Waals surface area contributed by atoms with Crippen LogP contribution in [0, 0.1) is 6.92 Å². The van der Waals surface area contributed by atoms with E-state index < -0.39 is 0 Å². The first-order chi connectivity index (χ1) is 10.8. The van der Waals surface area contributed by atoms with Crippen LogP contribution in [0.5, 0.6) is 0 Å². The van der Waals surface area contributed by atoms with E-state index >= 15 is 0 Å². The smallest absolute Gasteiger partial charge is 0.194 e. The first-order valence-electron chi connectivity index (χ1n) is 7.74. The lowest BCUT2D eigenvalue weighted by molar-refractivity contribution is 0.135. The van der Waals surface area contributed by atoms with Crippen LogP contribution in [-0.2, 0) is 6.54 Å². The van der Waals surface area contributed by atoms with Crippen molar-refractivity contribution in [2.45, 2.75) is 38.8 Å². The zero-order valence-electron chi connectivity index (χ0n) is 12.6. The van der Waals surface area contributed by atoms with Gasteiger partial charge in [0.25, 0.3) is 0 Å². The van der Waals surface area contributed by atoms with Crippen LogP contribution in [0.15, 0.2) is 30.2 Å². The van der Waals surface area contributed by atoms with Gasteiger partial charge in [-0.05, 0) is 32.4 Å². The molecule has 0 saturated carbocycles. The highest BCUT2D eigenvalue weighted by molar-refractivity contribution is 7.15. The molecule has 114 valence electrons. The van der Waals surface area contributed by atoms with E-state index in [0.29, 0.717) is 6.04 Å². The lowest BCUT2D eigenvalue weighted by Gasteiger charge is -2.35. The second kappa shape index (κ2) is 5.78. The molecule has 4 heterocycles. The standard InChI is InChI=1S/C16H19N5S/c1-12-15(21-8-9-22-16(21)19-12)10-20-7-3-2-4-14(20)13-5-6-17-11-18-13/h5-6,8-9,11,14H,2-4,7,10H2,1H3/t14-/m1/s1. The summed E-state index contributed by atoms with van der Waals surface area (Å²) in [6.07, 6.45) is 9.32. The molecule has 1 saturated heterocycles. The van der Waals surface area contributed by atoms with E-state index in [-0.39, 0.29) is 0 Å². The van der Waals surface area contributed by atoms with Crippen molar-refractivity contribution in [3.05, 3.63) is 47.2 Å². The molecule has 0 spiro atoms. The first kappa shape index (κ1) is 13.8. The molecular weight excluding hydrogens is 294 g/mol. The van der Waals surface area contributed by atoms with Gasteiger partial charge in [-0.1, -0.05) is 6.42 Å². The fourth-order valence-electron chi connectivity index (χ4n) is 3.34. The Morgan fingerprint density at radius 2 is 2.32 bits per heavy atom. The van der Waals surface area contributed by atoms with Gasteiger partial charge in [0.15, 0.2) is 4.96 Å². The van der Waals surface area contributed by atoms with E-state index in [4.69, 9.17) is 0 Å². The summed E-state index contributed by atoms with van der Waals surface area (Å²) in [6.45, 7) is 4.16. The minimum Gasteiger partial charge on any atom is -0.293 e. The van der Waals surface area contributed by atoms with Crippen molar-refractivity contribution in [2.24, 2.45) is 0 Å². The van der Waals surface area contributed by atoms with Crippen LogP contribution >= 0.6 is 11.3 Å². The largest absolute Gasteiger partial charge is 0.293 e. The Kier molecular flexibility index (Phi) is 3.63. The van der Waals surface area contributed by atoms with Crippen molar-refractivity contribution >= 4 is 16.3 Å². The van der Waals surface area contributed by atoms with Gasteiger partial charge >= 0.3 is 0 Å². The zero-order valence-corrected chi connectivity index (χ0v) is 13.5. The summed E-state index contributed by atoms with van der Waals surface area (Å²) in [5, 5.41) is 2.10. The number of imidazole rings is 1. The third-order valence-corrected chi connectivity index (χ3v) is 5.23. The molecule has 0 amide bonds. The summed E-state index contributed by atoms with van der Waals surface area (Å²) in [4.78, 5) is 16.8. The zero-order chi connectivity index (χ0) is 14.9. The third kappa shape index (κ3) is 2.42. The van der Waals surface area contributed by atoms with Gasteiger partial charge in [0.2, 0.25) is 0 Å². The average molecular weight is 313 g/mol. The molecule has 22 heavy (non-hydrogen) atoms. The molecule has 1 aliphatic heterocycles. The molecule has 0 aliphatic carbocycles. The Bertz CT molecular complexity index is 763. The Morgan fingerprint density at radius 3 is 3.18 bits per heavy atom. The second-order valence-electron chi connectivity index (χ2n) is 5.82. The topological polar surface area (TPSA) is 46.3 Å². The number of nitrogens with zero attached hydrogens (tertiary/aromatic N) is 5. The minimum atomic E-state index is 0.389. The van der Waals surface area contributed by atoms with Crippen molar-refractivity contribution in [3.8, 4) is 0 Å². The maximum atomic E-state index is 4.67. The highest BCUT2D eigenvalue weighted by Crippen LogP contribution is 2.31. The molecule has 6 heteroatoms. The van der Waals surface area contributed by atoms with Crippen LogP contribution in [0.4, 0.5) is 0 Å². The van der Waals surface area contributed by atoms with E-state index in [1.54, 1.807) is 17.7 Å². The third-order valence-electron chi connectivity index (χ3n) is 4.47. The first-order valence-corrected chi connectivity index (χ1v) is 8.62. The van der Waals surface area contributed by atoms with E-state index in [2.05, 4.69) is 42.8 Å². The maximum Gasteiger partial charge on any atom is 0.194 e. The van der Waals surface area contributed by atoms with Crippen LogP contribution in [0.2, 0.25) is 0 Å². The molecule has 0 N–H and O–H groups in total. The van der Waals surface area contributed by atoms with Crippen LogP contribution in [0.3, 0.4) is 0 Å². The summed E-state index contributed by atoms with van der Waals surface area (Å²) in [6, 6.07) is 2.44.